The number of halogens is 5. The zero-order valence-electron chi connectivity index (χ0n) is 16.5. The van der Waals surface area contributed by atoms with Crippen LogP contribution in [-0.2, 0) is 11.0 Å². The molecule has 13 heteroatoms. The van der Waals surface area contributed by atoms with Gasteiger partial charge in [-0.2, -0.15) is 13.2 Å². The van der Waals surface area contributed by atoms with Crippen LogP contribution in [0.25, 0.3) is 11.5 Å². The highest BCUT2D eigenvalue weighted by Gasteiger charge is 2.73. The summed E-state index contributed by atoms with van der Waals surface area (Å²) < 4.78 is 70.8. The van der Waals surface area contributed by atoms with Crippen LogP contribution in [0.5, 0.6) is 0 Å². The third kappa shape index (κ3) is 3.52. The van der Waals surface area contributed by atoms with Crippen molar-refractivity contribution in [2.45, 2.75) is 43.8 Å². The van der Waals surface area contributed by atoms with Crippen molar-refractivity contribution in [1.82, 2.24) is 20.1 Å². The molecule has 32 heavy (non-hydrogen) atoms. The topological polar surface area (TPSA) is 104 Å². The molecule has 2 aliphatic carbocycles. The first-order chi connectivity index (χ1) is 15.0. The van der Waals surface area contributed by atoms with Gasteiger partial charge in [0.25, 0.3) is 17.4 Å². The minimum absolute atomic E-state index is 0.000251. The van der Waals surface area contributed by atoms with Gasteiger partial charge >= 0.3 is 12.2 Å². The van der Waals surface area contributed by atoms with E-state index in [1.165, 1.54) is 4.90 Å². The number of nitrogens with one attached hydrogen (secondary N) is 2. The Balaban J connectivity index is 1.31. The molecule has 8 nitrogen and oxygen atoms in total. The monoisotopic (exact) mass is 459 g/mol. The molecule has 2 atom stereocenters. The van der Waals surface area contributed by atoms with Gasteiger partial charge in [-0.25, -0.2) is 8.78 Å². The van der Waals surface area contributed by atoms with Crippen LogP contribution in [0.2, 0.25) is 0 Å². The fourth-order valence-electron chi connectivity index (χ4n) is 4.22. The van der Waals surface area contributed by atoms with Gasteiger partial charge in [-0.3, -0.25) is 9.59 Å². The summed E-state index contributed by atoms with van der Waals surface area (Å²) in [7, 11) is 0. The molecule has 2 N–H and O–H groups in total. The Morgan fingerprint density at radius 3 is 2.56 bits per heavy atom. The van der Waals surface area contributed by atoms with Crippen LogP contribution in [0.15, 0.2) is 21.3 Å². The highest BCUT2D eigenvalue weighted by molar-refractivity contribution is 5.85. The second-order valence-electron chi connectivity index (χ2n) is 8.66. The van der Waals surface area contributed by atoms with E-state index in [-0.39, 0.29) is 55.2 Å². The first kappa shape index (κ1) is 20.9. The number of H-pyrrole nitrogens is 1. The molecule has 0 unspecified atom stereocenters. The number of carbonyl (C=O) groups excluding carboxylic acids is 1. The maximum absolute atomic E-state index is 13.7. The Morgan fingerprint density at radius 2 is 2.00 bits per heavy atom. The lowest BCUT2D eigenvalue weighted by Gasteiger charge is -2.23. The fraction of sp³-hybridized carbons (Fsp3) is 0.579. The summed E-state index contributed by atoms with van der Waals surface area (Å²) >= 11 is 0. The van der Waals surface area contributed by atoms with E-state index in [0.29, 0.717) is 6.07 Å². The number of aromatic amines is 1. The first-order valence-electron chi connectivity index (χ1n) is 10.1. The highest BCUT2D eigenvalue weighted by atomic mass is 19.4. The molecule has 0 aromatic carbocycles. The summed E-state index contributed by atoms with van der Waals surface area (Å²) in [6.07, 6.45) is -3.14. The van der Waals surface area contributed by atoms with Crippen molar-refractivity contribution in [3.05, 3.63) is 28.2 Å². The van der Waals surface area contributed by atoms with E-state index in [4.69, 9.17) is 4.42 Å². The average Bonchev–Trinajstić information content (AvgIpc) is 3.49. The number of hydrogen-bond acceptors (Lipinski definition) is 6. The van der Waals surface area contributed by atoms with Crippen molar-refractivity contribution in [2.24, 2.45) is 11.3 Å². The van der Waals surface area contributed by atoms with Crippen LogP contribution in [0.1, 0.15) is 31.4 Å². The predicted octanol–water partition coefficient (Wildman–Crippen LogP) is 2.89. The Labute approximate surface area is 177 Å². The van der Waals surface area contributed by atoms with E-state index in [9.17, 15) is 31.5 Å². The third-order valence-electron chi connectivity index (χ3n) is 6.39. The molecule has 1 saturated heterocycles. The maximum atomic E-state index is 13.7. The van der Waals surface area contributed by atoms with E-state index < -0.39 is 34.8 Å². The van der Waals surface area contributed by atoms with E-state index in [1.54, 1.807) is 4.98 Å². The minimum atomic E-state index is -4.71. The first-order valence-corrected chi connectivity index (χ1v) is 10.1. The van der Waals surface area contributed by atoms with Gasteiger partial charge in [-0.15, -0.1) is 5.10 Å². The van der Waals surface area contributed by atoms with Crippen molar-refractivity contribution >= 4 is 11.9 Å². The van der Waals surface area contributed by atoms with E-state index in [2.05, 4.69) is 15.5 Å². The molecule has 5 rings (SSSR count). The molecule has 3 aliphatic rings. The lowest BCUT2D eigenvalue weighted by molar-refractivity contribution is -0.141. The van der Waals surface area contributed by atoms with Gasteiger partial charge in [0, 0.05) is 19.5 Å². The van der Waals surface area contributed by atoms with Crippen LogP contribution < -0.4 is 10.9 Å². The molecular formula is C19H18F5N5O3. The number of alkyl halides is 5. The van der Waals surface area contributed by atoms with Crippen LogP contribution in [0.3, 0.4) is 0 Å². The minimum Gasteiger partial charge on any atom is -0.403 e. The second kappa shape index (κ2) is 6.75. The van der Waals surface area contributed by atoms with Crippen molar-refractivity contribution in [3.8, 4) is 11.5 Å². The number of anilines is 1. The Bertz CT molecular complexity index is 1130. The highest BCUT2D eigenvalue weighted by Crippen LogP contribution is 2.65. The largest absolute Gasteiger partial charge is 0.431 e. The molecule has 2 saturated carbocycles. The fourth-order valence-corrected chi connectivity index (χ4v) is 4.22. The van der Waals surface area contributed by atoms with Crippen molar-refractivity contribution in [2.75, 3.05) is 18.4 Å². The molecule has 2 aromatic heterocycles. The summed E-state index contributed by atoms with van der Waals surface area (Å²) in [5.74, 6) is -3.41. The summed E-state index contributed by atoms with van der Waals surface area (Å²) in [4.78, 5) is 28.1. The van der Waals surface area contributed by atoms with Crippen LogP contribution in [0, 0.1) is 11.3 Å². The van der Waals surface area contributed by atoms with E-state index in [1.807, 2.05) is 0 Å². The smallest absolute Gasteiger partial charge is 0.403 e. The predicted molar refractivity (Wildman–Crippen MR) is 98.7 cm³/mol. The molecule has 3 fully saturated rings. The summed E-state index contributed by atoms with van der Waals surface area (Å²) in [5.41, 5.74) is -3.64. The molecule has 1 spiro atoms. The second-order valence-corrected chi connectivity index (χ2v) is 8.66. The number of pyridine rings is 1. The number of carbonyl (C=O) groups is 1. The zero-order valence-corrected chi connectivity index (χ0v) is 16.5. The number of amides is 1. The van der Waals surface area contributed by atoms with Gasteiger partial charge < -0.3 is 19.6 Å². The summed E-state index contributed by atoms with van der Waals surface area (Å²) in [6, 6.07) is 0.663. The van der Waals surface area contributed by atoms with E-state index in [0.717, 1.165) is 18.9 Å². The van der Waals surface area contributed by atoms with Gasteiger partial charge in [0.15, 0.2) is 0 Å². The molecule has 0 radical (unpaired) electrons. The normalized spacial score (nSPS) is 25.2. The number of rotatable bonds is 5. The van der Waals surface area contributed by atoms with Gasteiger partial charge in [-0.1, -0.05) is 5.10 Å². The molecule has 172 valence electrons. The standard InChI is InChI=1S/C19H18F5N5O3/c20-18(21)7-17(18)5-6-29(8-17)15(31)12(9-1-2-9)26-16-28-27-14(32-16)10-3-4-11(19(22,23)24)25-13(10)30/h3-4,9,12H,1-2,5-8H2,(H,25,30)(H,26,28)/t12-,17+/m0/s1. The number of hydrogen-bond donors (Lipinski definition) is 2. The van der Waals surface area contributed by atoms with Crippen LogP contribution >= 0.6 is 0 Å². The van der Waals surface area contributed by atoms with Gasteiger partial charge in [0.1, 0.15) is 17.3 Å². The number of aromatic nitrogens is 3. The summed E-state index contributed by atoms with van der Waals surface area (Å²) in [6.45, 7) is 0.245. The molecule has 1 aliphatic heterocycles. The number of nitrogens with zero attached hydrogens (tertiary/aromatic N) is 3. The average molecular weight is 459 g/mol. The molecular weight excluding hydrogens is 441 g/mol. The lowest BCUT2D eigenvalue weighted by Crippen LogP contribution is -2.43. The lowest BCUT2D eigenvalue weighted by atomic mass is 10.1. The quantitative estimate of drug-likeness (QED) is 0.667. The Morgan fingerprint density at radius 1 is 1.28 bits per heavy atom. The maximum Gasteiger partial charge on any atom is 0.431 e. The van der Waals surface area contributed by atoms with Crippen LogP contribution in [0.4, 0.5) is 28.0 Å². The Kier molecular flexibility index (Phi) is 4.41. The Hall–Kier alpha value is -2.99. The molecule has 2 aromatic rings. The molecule has 1 amide bonds. The molecule has 0 bridgehead atoms. The van der Waals surface area contributed by atoms with Gasteiger partial charge in [0.2, 0.25) is 5.91 Å². The number of likely N-dealkylation sites (tertiary alicyclic amines) is 1. The van der Waals surface area contributed by atoms with Gasteiger partial charge in [0.05, 0.1) is 5.41 Å². The third-order valence-corrected chi connectivity index (χ3v) is 6.39. The molecule has 3 heterocycles. The SMILES string of the molecule is O=C([C@@H](Nc1nnc(-c2ccc(C(F)(F)F)[nH]c2=O)o1)C1CC1)N1CC[C@]2(C1)CC2(F)F. The summed E-state index contributed by atoms with van der Waals surface area (Å²) in [5, 5.41) is 10.2. The van der Waals surface area contributed by atoms with Crippen LogP contribution in [-0.4, -0.2) is 51.0 Å². The van der Waals surface area contributed by atoms with Crippen molar-refractivity contribution < 1.29 is 31.2 Å². The van der Waals surface area contributed by atoms with E-state index >= 15 is 0 Å². The van der Waals surface area contributed by atoms with Gasteiger partial charge in [-0.05, 0) is 37.3 Å². The van der Waals surface area contributed by atoms with Crippen molar-refractivity contribution in [1.29, 1.82) is 0 Å². The zero-order chi connectivity index (χ0) is 22.9. The van der Waals surface area contributed by atoms with Crippen molar-refractivity contribution in [3.63, 3.8) is 0 Å².